The second-order valence-electron chi connectivity index (χ2n) is 4.67. The minimum absolute atomic E-state index is 0.145. The number of cyclic esters (lactones) is 1. The van der Waals surface area contributed by atoms with Gasteiger partial charge in [-0.2, -0.15) is 0 Å². The van der Waals surface area contributed by atoms with Gasteiger partial charge in [0.1, 0.15) is 6.10 Å². The summed E-state index contributed by atoms with van der Waals surface area (Å²) in [6.45, 7) is 1.71. The molecule has 0 saturated carbocycles. The number of aliphatic hydroxyl groups excluding tert-OH is 1. The molecule has 0 aromatic heterocycles. The number of hydrogen-bond acceptors (Lipinski definition) is 3. The Morgan fingerprint density at radius 2 is 2.06 bits per heavy atom. The van der Waals surface area contributed by atoms with Crippen molar-refractivity contribution in [2.45, 2.75) is 38.4 Å². The van der Waals surface area contributed by atoms with Crippen LogP contribution >= 0.6 is 0 Å². The highest BCUT2D eigenvalue weighted by atomic mass is 16.5. The molecule has 2 rings (SSSR count). The molecule has 1 heterocycles. The standard InChI is InChI=1S/C14H18O3/c1-10-13(15)9-12(17-14(10)16)8-7-11-5-3-2-4-6-11/h2-6,10,12-13,15H,7-9H2,1H3/t10-,12+,13+/m0/s1. The van der Waals surface area contributed by atoms with Crippen molar-refractivity contribution in [1.82, 2.24) is 0 Å². The van der Waals surface area contributed by atoms with Gasteiger partial charge in [0, 0.05) is 6.42 Å². The number of aryl methyl sites for hydroxylation is 1. The summed E-state index contributed by atoms with van der Waals surface area (Å²) >= 11 is 0. The minimum atomic E-state index is -0.558. The molecule has 1 aromatic carbocycles. The number of carbonyl (C=O) groups excluding carboxylic acids is 1. The first-order valence-corrected chi connectivity index (χ1v) is 6.09. The van der Waals surface area contributed by atoms with Gasteiger partial charge in [-0.3, -0.25) is 4.79 Å². The van der Waals surface area contributed by atoms with Crippen LogP contribution in [0, 0.1) is 5.92 Å². The maximum atomic E-state index is 11.4. The summed E-state index contributed by atoms with van der Waals surface area (Å²) in [6.07, 6.45) is 1.50. The van der Waals surface area contributed by atoms with E-state index in [1.807, 2.05) is 18.2 Å². The van der Waals surface area contributed by atoms with E-state index in [-0.39, 0.29) is 18.0 Å². The van der Waals surface area contributed by atoms with Crippen LogP contribution in [0.4, 0.5) is 0 Å². The zero-order chi connectivity index (χ0) is 12.3. The lowest BCUT2D eigenvalue weighted by atomic mass is 9.93. The molecule has 17 heavy (non-hydrogen) atoms. The molecule has 92 valence electrons. The van der Waals surface area contributed by atoms with Crippen molar-refractivity contribution < 1.29 is 14.6 Å². The van der Waals surface area contributed by atoms with Gasteiger partial charge in [-0.15, -0.1) is 0 Å². The molecule has 0 amide bonds. The molecule has 3 atom stereocenters. The third-order valence-corrected chi connectivity index (χ3v) is 3.33. The maximum absolute atomic E-state index is 11.4. The average molecular weight is 234 g/mol. The lowest BCUT2D eigenvalue weighted by molar-refractivity contribution is -0.168. The van der Waals surface area contributed by atoms with E-state index in [0.29, 0.717) is 6.42 Å². The minimum Gasteiger partial charge on any atom is -0.462 e. The highest BCUT2D eigenvalue weighted by Crippen LogP contribution is 2.23. The molecule has 0 radical (unpaired) electrons. The lowest BCUT2D eigenvalue weighted by Gasteiger charge is -2.30. The van der Waals surface area contributed by atoms with Gasteiger partial charge < -0.3 is 9.84 Å². The Kier molecular flexibility index (Phi) is 3.79. The van der Waals surface area contributed by atoms with Crippen LogP contribution in [0.1, 0.15) is 25.3 Å². The normalized spacial score (nSPS) is 28.8. The Hall–Kier alpha value is -1.35. The quantitative estimate of drug-likeness (QED) is 0.813. The monoisotopic (exact) mass is 234 g/mol. The third kappa shape index (κ3) is 3.07. The number of hydrogen-bond donors (Lipinski definition) is 1. The van der Waals surface area contributed by atoms with E-state index in [1.165, 1.54) is 5.56 Å². The first-order chi connectivity index (χ1) is 8.16. The smallest absolute Gasteiger partial charge is 0.311 e. The van der Waals surface area contributed by atoms with E-state index in [1.54, 1.807) is 6.92 Å². The number of esters is 1. The SMILES string of the molecule is C[C@@H]1C(=O)O[C@H](CCc2ccccc2)C[C@H]1O. The summed E-state index contributed by atoms with van der Waals surface area (Å²) in [5.41, 5.74) is 1.23. The molecule has 1 aliphatic heterocycles. The number of rotatable bonds is 3. The Morgan fingerprint density at radius 3 is 2.71 bits per heavy atom. The molecule has 1 saturated heterocycles. The number of aliphatic hydroxyl groups is 1. The fourth-order valence-corrected chi connectivity index (χ4v) is 2.10. The van der Waals surface area contributed by atoms with Crippen molar-refractivity contribution in [3.8, 4) is 0 Å². The van der Waals surface area contributed by atoms with E-state index in [0.717, 1.165) is 12.8 Å². The predicted octanol–water partition coefficient (Wildman–Crippen LogP) is 1.93. The van der Waals surface area contributed by atoms with E-state index >= 15 is 0 Å². The van der Waals surface area contributed by atoms with E-state index in [9.17, 15) is 9.90 Å². The molecule has 1 fully saturated rings. The zero-order valence-electron chi connectivity index (χ0n) is 10.0. The van der Waals surface area contributed by atoms with E-state index < -0.39 is 6.10 Å². The van der Waals surface area contributed by atoms with Crippen molar-refractivity contribution in [1.29, 1.82) is 0 Å². The molecule has 0 spiro atoms. The number of carbonyl (C=O) groups is 1. The van der Waals surface area contributed by atoms with Crippen molar-refractivity contribution in [3.05, 3.63) is 35.9 Å². The first kappa shape index (κ1) is 12.1. The molecule has 0 unspecified atom stereocenters. The van der Waals surface area contributed by atoms with E-state index in [4.69, 9.17) is 4.74 Å². The highest BCUT2D eigenvalue weighted by molar-refractivity contribution is 5.73. The molecule has 0 aliphatic carbocycles. The van der Waals surface area contributed by atoms with Crippen molar-refractivity contribution in [2.75, 3.05) is 0 Å². The summed E-state index contributed by atoms with van der Waals surface area (Å²) in [7, 11) is 0. The van der Waals surface area contributed by atoms with E-state index in [2.05, 4.69) is 12.1 Å². The average Bonchev–Trinajstić information content (AvgIpc) is 2.34. The van der Waals surface area contributed by atoms with Crippen LogP contribution in [0.2, 0.25) is 0 Å². The van der Waals surface area contributed by atoms with Crippen LogP contribution in [0.25, 0.3) is 0 Å². The molecular formula is C14H18O3. The van der Waals surface area contributed by atoms with Gasteiger partial charge in [0.15, 0.2) is 0 Å². The fourth-order valence-electron chi connectivity index (χ4n) is 2.10. The molecule has 0 bridgehead atoms. The second kappa shape index (κ2) is 5.32. The number of benzene rings is 1. The topological polar surface area (TPSA) is 46.5 Å². The van der Waals surface area contributed by atoms with Gasteiger partial charge in [0.25, 0.3) is 0 Å². The molecule has 3 nitrogen and oxygen atoms in total. The third-order valence-electron chi connectivity index (χ3n) is 3.33. The lowest BCUT2D eigenvalue weighted by Crippen LogP contribution is -2.39. The van der Waals surface area contributed by atoms with Gasteiger partial charge in [0.05, 0.1) is 12.0 Å². The van der Waals surface area contributed by atoms with Crippen LogP contribution in [0.5, 0.6) is 0 Å². The molecule has 1 aromatic rings. The predicted molar refractivity (Wildman–Crippen MR) is 64.4 cm³/mol. The highest BCUT2D eigenvalue weighted by Gasteiger charge is 2.33. The van der Waals surface area contributed by atoms with Gasteiger partial charge in [-0.25, -0.2) is 0 Å². The number of ether oxygens (including phenoxy) is 1. The Bertz CT molecular complexity index is 374. The zero-order valence-corrected chi connectivity index (χ0v) is 10.0. The van der Waals surface area contributed by atoms with Crippen molar-refractivity contribution in [2.24, 2.45) is 5.92 Å². The van der Waals surface area contributed by atoms with Crippen LogP contribution in [-0.2, 0) is 16.0 Å². The van der Waals surface area contributed by atoms with Gasteiger partial charge in [-0.1, -0.05) is 30.3 Å². The second-order valence-corrected chi connectivity index (χ2v) is 4.67. The molecule has 1 aliphatic rings. The summed E-state index contributed by atoms with van der Waals surface area (Å²) in [4.78, 5) is 11.4. The van der Waals surface area contributed by atoms with Gasteiger partial charge >= 0.3 is 5.97 Å². The molecule has 1 N–H and O–H groups in total. The summed E-state index contributed by atoms with van der Waals surface area (Å²) in [6, 6.07) is 10.1. The van der Waals surface area contributed by atoms with Crippen molar-refractivity contribution in [3.63, 3.8) is 0 Å². The summed E-state index contributed by atoms with van der Waals surface area (Å²) in [5.74, 6) is -0.662. The Balaban J connectivity index is 1.86. The van der Waals surface area contributed by atoms with Crippen molar-refractivity contribution >= 4 is 5.97 Å². The Labute approximate surface area is 101 Å². The summed E-state index contributed by atoms with van der Waals surface area (Å²) < 4.78 is 5.29. The molecule has 3 heteroatoms. The first-order valence-electron chi connectivity index (χ1n) is 6.09. The fraction of sp³-hybridized carbons (Fsp3) is 0.500. The van der Waals surface area contributed by atoms with Gasteiger partial charge in [-0.05, 0) is 25.3 Å². The van der Waals surface area contributed by atoms with Crippen LogP contribution in [-0.4, -0.2) is 23.3 Å². The largest absolute Gasteiger partial charge is 0.462 e. The Morgan fingerprint density at radius 1 is 1.35 bits per heavy atom. The van der Waals surface area contributed by atoms with Crippen LogP contribution in [0.3, 0.4) is 0 Å². The maximum Gasteiger partial charge on any atom is 0.311 e. The van der Waals surface area contributed by atoms with Crippen LogP contribution in [0.15, 0.2) is 30.3 Å². The summed E-state index contributed by atoms with van der Waals surface area (Å²) in [5, 5.41) is 9.71. The molecular weight excluding hydrogens is 216 g/mol. The van der Waals surface area contributed by atoms with Crippen LogP contribution < -0.4 is 0 Å². The van der Waals surface area contributed by atoms with Gasteiger partial charge in [0.2, 0.25) is 0 Å².